The van der Waals surface area contributed by atoms with Crippen molar-refractivity contribution in [1.82, 2.24) is 14.9 Å². The first-order valence-corrected chi connectivity index (χ1v) is 11.6. The molecule has 0 aliphatic carbocycles. The summed E-state index contributed by atoms with van der Waals surface area (Å²) in [5.74, 6) is 1.23. The molecule has 0 N–H and O–H groups in total. The van der Waals surface area contributed by atoms with E-state index in [-0.39, 0.29) is 17.9 Å². The highest BCUT2D eigenvalue weighted by Crippen LogP contribution is 2.36. The molecule has 160 valence electrons. The zero-order valence-electron chi connectivity index (χ0n) is 17.8. The fourth-order valence-electron chi connectivity index (χ4n) is 4.62. The van der Waals surface area contributed by atoms with Crippen LogP contribution in [0.15, 0.2) is 6.33 Å². The van der Waals surface area contributed by atoms with Crippen molar-refractivity contribution in [3.63, 3.8) is 0 Å². The Hall–Kier alpha value is -2.24. The summed E-state index contributed by atoms with van der Waals surface area (Å²) in [6, 6.07) is 2.41. The van der Waals surface area contributed by atoms with E-state index in [0.29, 0.717) is 26.2 Å². The third kappa shape index (κ3) is 4.14. The van der Waals surface area contributed by atoms with Gasteiger partial charge in [0, 0.05) is 49.7 Å². The van der Waals surface area contributed by atoms with Gasteiger partial charge in [-0.2, -0.15) is 5.26 Å². The first-order valence-electron chi connectivity index (χ1n) is 10.8. The summed E-state index contributed by atoms with van der Waals surface area (Å²) in [7, 11) is 0. The number of piperidine rings is 1. The molecule has 0 saturated carbocycles. The maximum absolute atomic E-state index is 13.3. The van der Waals surface area contributed by atoms with Crippen LogP contribution in [0.4, 0.5) is 5.82 Å². The molecule has 2 aromatic heterocycles. The van der Waals surface area contributed by atoms with Crippen LogP contribution in [0.25, 0.3) is 10.2 Å². The highest BCUT2D eigenvalue weighted by atomic mass is 32.1. The van der Waals surface area contributed by atoms with Gasteiger partial charge in [0.1, 0.15) is 17.0 Å². The molecule has 0 radical (unpaired) electrons. The molecule has 2 aliphatic rings. The Morgan fingerprint density at radius 1 is 1.27 bits per heavy atom. The van der Waals surface area contributed by atoms with Gasteiger partial charge in [0.2, 0.25) is 5.91 Å². The van der Waals surface area contributed by atoms with Crippen molar-refractivity contribution in [2.24, 2.45) is 5.92 Å². The monoisotopic (exact) mass is 427 g/mol. The summed E-state index contributed by atoms with van der Waals surface area (Å²) < 4.78 is 5.47. The molecule has 4 rings (SSSR count). The van der Waals surface area contributed by atoms with E-state index >= 15 is 0 Å². The van der Waals surface area contributed by atoms with Gasteiger partial charge in [-0.1, -0.05) is 0 Å². The molecule has 4 heterocycles. The van der Waals surface area contributed by atoms with Crippen molar-refractivity contribution in [3.8, 4) is 6.07 Å². The molecule has 8 heteroatoms. The Morgan fingerprint density at radius 3 is 2.70 bits per heavy atom. The number of anilines is 1. The third-order valence-corrected chi connectivity index (χ3v) is 7.58. The molecule has 0 spiro atoms. The van der Waals surface area contributed by atoms with Gasteiger partial charge in [0.05, 0.1) is 17.9 Å². The number of hydrogen-bond donors (Lipinski definition) is 0. The number of nitriles is 1. The number of aromatic nitrogens is 2. The van der Waals surface area contributed by atoms with E-state index in [9.17, 15) is 4.79 Å². The van der Waals surface area contributed by atoms with Gasteiger partial charge >= 0.3 is 0 Å². The number of carbonyl (C=O) groups is 1. The number of nitrogens with zero attached hydrogens (tertiary/aromatic N) is 5. The summed E-state index contributed by atoms with van der Waals surface area (Å²) in [5.41, 5.74) is 1.26. The number of carbonyl (C=O) groups excluding carboxylic acids is 1. The van der Waals surface area contributed by atoms with Crippen LogP contribution in [0, 0.1) is 31.1 Å². The number of ether oxygens (including phenoxy) is 1. The van der Waals surface area contributed by atoms with Gasteiger partial charge in [-0.3, -0.25) is 4.79 Å². The molecular weight excluding hydrogens is 398 g/mol. The Bertz CT molecular complexity index is 939. The van der Waals surface area contributed by atoms with Gasteiger partial charge in [-0.25, -0.2) is 9.97 Å². The molecule has 2 saturated heterocycles. The lowest BCUT2D eigenvalue weighted by atomic mass is 9.93. The molecule has 7 nitrogen and oxygen atoms in total. The van der Waals surface area contributed by atoms with E-state index in [2.05, 4.69) is 34.8 Å². The molecule has 2 fully saturated rings. The van der Waals surface area contributed by atoms with Crippen LogP contribution in [0.1, 0.15) is 42.5 Å². The van der Waals surface area contributed by atoms with Crippen LogP contribution in [0.5, 0.6) is 0 Å². The summed E-state index contributed by atoms with van der Waals surface area (Å²) >= 11 is 1.71. The van der Waals surface area contributed by atoms with Crippen LogP contribution < -0.4 is 4.90 Å². The van der Waals surface area contributed by atoms with Gasteiger partial charge < -0.3 is 14.5 Å². The van der Waals surface area contributed by atoms with E-state index in [1.165, 1.54) is 10.4 Å². The molecule has 2 aromatic rings. The van der Waals surface area contributed by atoms with E-state index in [1.54, 1.807) is 17.7 Å². The minimum absolute atomic E-state index is 0.0189. The van der Waals surface area contributed by atoms with Crippen LogP contribution in [0.2, 0.25) is 0 Å². The average molecular weight is 428 g/mol. The minimum atomic E-state index is 0.0189. The third-order valence-electron chi connectivity index (χ3n) is 6.47. The van der Waals surface area contributed by atoms with Crippen molar-refractivity contribution in [2.75, 3.05) is 37.7 Å². The average Bonchev–Trinajstić information content (AvgIpc) is 3.08. The second kappa shape index (κ2) is 9.27. The lowest BCUT2D eigenvalue weighted by Crippen LogP contribution is -2.49. The van der Waals surface area contributed by atoms with Crippen LogP contribution in [-0.4, -0.2) is 59.7 Å². The van der Waals surface area contributed by atoms with Gasteiger partial charge in [0.15, 0.2) is 0 Å². The van der Waals surface area contributed by atoms with E-state index in [0.717, 1.165) is 54.8 Å². The Balaban J connectivity index is 1.46. The highest BCUT2D eigenvalue weighted by Gasteiger charge is 2.33. The van der Waals surface area contributed by atoms with Crippen molar-refractivity contribution in [2.45, 2.75) is 52.0 Å². The van der Waals surface area contributed by atoms with E-state index < -0.39 is 0 Å². The van der Waals surface area contributed by atoms with Crippen molar-refractivity contribution < 1.29 is 9.53 Å². The van der Waals surface area contributed by atoms with Crippen LogP contribution in [-0.2, 0) is 9.53 Å². The molecule has 2 aliphatic heterocycles. The van der Waals surface area contributed by atoms with E-state index in [1.807, 2.05) is 4.90 Å². The van der Waals surface area contributed by atoms with Crippen molar-refractivity contribution in [1.29, 1.82) is 5.26 Å². The molecule has 0 atom stereocenters. The van der Waals surface area contributed by atoms with Gasteiger partial charge in [-0.15, -0.1) is 11.3 Å². The Labute approximate surface area is 181 Å². The summed E-state index contributed by atoms with van der Waals surface area (Å²) in [4.78, 5) is 29.0. The molecular formula is C22H29N5O2S. The first-order chi connectivity index (χ1) is 14.6. The number of thiophene rings is 1. The minimum Gasteiger partial charge on any atom is -0.381 e. The lowest BCUT2D eigenvalue weighted by Gasteiger charge is -2.39. The number of hydrogen-bond acceptors (Lipinski definition) is 7. The molecule has 0 aromatic carbocycles. The molecule has 30 heavy (non-hydrogen) atoms. The highest BCUT2D eigenvalue weighted by molar-refractivity contribution is 7.18. The van der Waals surface area contributed by atoms with E-state index in [4.69, 9.17) is 10.00 Å². The SMILES string of the molecule is Cc1sc2ncnc(N3CCC(C(=O)N(CCC#N)C4CCOCC4)CC3)c2c1C. The second-order valence-corrected chi connectivity index (χ2v) is 9.41. The number of rotatable bonds is 5. The zero-order valence-corrected chi connectivity index (χ0v) is 18.6. The maximum Gasteiger partial charge on any atom is 0.226 e. The quantitative estimate of drug-likeness (QED) is 0.727. The number of aryl methyl sites for hydroxylation is 2. The zero-order chi connectivity index (χ0) is 21.1. The fraction of sp³-hybridized carbons (Fsp3) is 0.636. The van der Waals surface area contributed by atoms with Crippen molar-refractivity contribution in [3.05, 3.63) is 16.8 Å². The molecule has 0 unspecified atom stereocenters. The summed E-state index contributed by atoms with van der Waals surface area (Å²) in [6.45, 7) is 7.82. The topological polar surface area (TPSA) is 82.4 Å². The van der Waals surface area contributed by atoms with Crippen molar-refractivity contribution >= 4 is 33.3 Å². The normalized spacial score (nSPS) is 18.5. The number of amides is 1. The Morgan fingerprint density at radius 2 is 2.00 bits per heavy atom. The predicted octanol–water partition coefficient (Wildman–Crippen LogP) is 3.45. The second-order valence-electron chi connectivity index (χ2n) is 8.21. The Kier molecular flexibility index (Phi) is 6.49. The first kappa shape index (κ1) is 21.0. The maximum atomic E-state index is 13.3. The smallest absolute Gasteiger partial charge is 0.226 e. The molecule has 1 amide bonds. The van der Waals surface area contributed by atoms with Gasteiger partial charge in [-0.05, 0) is 45.1 Å². The predicted molar refractivity (Wildman–Crippen MR) is 118 cm³/mol. The lowest BCUT2D eigenvalue weighted by molar-refractivity contribution is -0.140. The van der Waals surface area contributed by atoms with Crippen LogP contribution >= 0.6 is 11.3 Å². The standard InChI is InChI=1S/C22H29N5O2S/c1-15-16(2)30-21-19(15)20(24-14-25-21)26-10-4-17(5-11-26)22(28)27(9-3-8-23)18-6-12-29-13-7-18/h14,17-18H,3-7,9-13H2,1-2H3. The molecule has 0 bridgehead atoms. The summed E-state index contributed by atoms with van der Waals surface area (Å²) in [5, 5.41) is 10.2. The fourth-order valence-corrected chi connectivity index (χ4v) is 5.61. The largest absolute Gasteiger partial charge is 0.381 e. The van der Waals surface area contributed by atoms with Gasteiger partial charge in [0.25, 0.3) is 0 Å². The summed E-state index contributed by atoms with van der Waals surface area (Å²) in [6.07, 6.45) is 5.41. The number of fused-ring (bicyclic) bond motifs is 1. The van der Waals surface area contributed by atoms with Crippen LogP contribution in [0.3, 0.4) is 0 Å².